The highest BCUT2D eigenvalue weighted by molar-refractivity contribution is 5.97. The maximum Gasteiger partial charge on any atom is 0.227 e. The zero-order valence-corrected chi connectivity index (χ0v) is 14.7. The molecule has 6 heteroatoms. The Morgan fingerprint density at radius 2 is 2.20 bits per heavy atom. The number of amides is 2. The Balaban J connectivity index is 1.61. The van der Waals surface area contributed by atoms with E-state index in [1.807, 2.05) is 4.90 Å². The van der Waals surface area contributed by atoms with Gasteiger partial charge in [0.1, 0.15) is 5.82 Å². The third kappa shape index (κ3) is 4.18. The fraction of sp³-hybridized carbons (Fsp3) is 0.579. The Labute approximate surface area is 147 Å². The summed E-state index contributed by atoms with van der Waals surface area (Å²) < 4.78 is 18.6. The van der Waals surface area contributed by atoms with Crippen LogP contribution in [0.5, 0.6) is 0 Å². The second-order valence-corrected chi connectivity index (χ2v) is 6.87. The van der Waals surface area contributed by atoms with Gasteiger partial charge in [0.15, 0.2) is 0 Å². The second-order valence-electron chi connectivity index (χ2n) is 6.87. The van der Waals surface area contributed by atoms with Crippen LogP contribution in [0.3, 0.4) is 0 Å². The number of carbonyl (C=O) groups is 2. The molecular weight excluding hydrogens is 323 g/mol. The average Bonchev–Trinajstić information content (AvgIpc) is 2.61. The van der Waals surface area contributed by atoms with Gasteiger partial charge in [0.25, 0.3) is 0 Å². The van der Waals surface area contributed by atoms with Gasteiger partial charge in [-0.2, -0.15) is 0 Å². The number of aryl methyl sites for hydroxylation is 1. The summed E-state index contributed by atoms with van der Waals surface area (Å²) in [6, 6.07) is 4.49. The van der Waals surface area contributed by atoms with Crippen molar-refractivity contribution >= 4 is 17.5 Å². The molecule has 5 nitrogen and oxygen atoms in total. The van der Waals surface area contributed by atoms with Crippen LogP contribution in [0.1, 0.15) is 31.2 Å². The van der Waals surface area contributed by atoms with Crippen LogP contribution in [0.25, 0.3) is 0 Å². The normalized spacial score (nSPS) is 20.6. The minimum absolute atomic E-state index is 0.00260. The minimum Gasteiger partial charge on any atom is -0.384 e. The van der Waals surface area contributed by atoms with Crippen molar-refractivity contribution in [1.82, 2.24) is 4.90 Å². The van der Waals surface area contributed by atoms with Gasteiger partial charge < -0.3 is 14.5 Å². The molecule has 0 spiro atoms. The van der Waals surface area contributed by atoms with Crippen molar-refractivity contribution in [2.45, 2.75) is 32.1 Å². The number of hydrogen-bond acceptors (Lipinski definition) is 3. The first-order valence-corrected chi connectivity index (χ1v) is 8.94. The van der Waals surface area contributed by atoms with Crippen LogP contribution in [-0.2, 0) is 20.7 Å². The zero-order chi connectivity index (χ0) is 17.8. The van der Waals surface area contributed by atoms with E-state index in [9.17, 15) is 14.0 Å². The van der Waals surface area contributed by atoms with Crippen molar-refractivity contribution in [2.75, 3.05) is 38.3 Å². The predicted molar refractivity (Wildman–Crippen MR) is 92.9 cm³/mol. The van der Waals surface area contributed by atoms with Crippen molar-refractivity contribution in [3.05, 3.63) is 29.6 Å². The van der Waals surface area contributed by atoms with Crippen molar-refractivity contribution < 1.29 is 18.7 Å². The van der Waals surface area contributed by atoms with Crippen LogP contribution in [0, 0.1) is 11.7 Å². The van der Waals surface area contributed by atoms with Gasteiger partial charge in [-0.15, -0.1) is 0 Å². The van der Waals surface area contributed by atoms with E-state index >= 15 is 0 Å². The molecule has 2 heterocycles. The van der Waals surface area contributed by atoms with Crippen LogP contribution in [0.2, 0.25) is 0 Å². The number of ether oxygens (including phenoxy) is 1. The van der Waals surface area contributed by atoms with E-state index in [1.54, 1.807) is 18.1 Å². The minimum atomic E-state index is -0.290. The summed E-state index contributed by atoms with van der Waals surface area (Å²) in [4.78, 5) is 28.3. The van der Waals surface area contributed by atoms with E-state index in [-0.39, 0.29) is 17.6 Å². The molecule has 2 aliphatic rings. The van der Waals surface area contributed by atoms with Gasteiger partial charge >= 0.3 is 0 Å². The monoisotopic (exact) mass is 348 g/mol. The predicted octanol–water partition coefficient (Wildman–Crippen LogP) is 2.38. The Hall–Kier alpha value is -1.95. The number of hydrogen-bond donors (Lipinski definition) is 0. The van der Waals surface area contributed by atoms with E-state index in [0.29, 0.717) is 38.3 Å². The zero-order valence-electron chi connectivity index (χ0n) is 14.7. The van der Waals surface area contributed by atoms with E-state index in [1.165, 1.54) is 12.1 Å². The molecule has 0 bridgehead atoms. The van der Waals surface area contributed by atoms with E-state index in [2.05, 4.69) is 0 Å². The third-order valence-electron chi connectivity index (χ3n) is 5.06. The molecule has 1 atom stereocenters. The Bertz CT molecular complexity index is 648. The van der Waals surface area contributed by atoms with Gasteiger partial charge in [-0.25, -0.2) is 4.39 Å². The average molecular weight is 348 g/mol. The molecule has 0 aromatic heterocycles. The molecule has 0 saturated carbocycles. The smallest absolute Gasteiger partial charge is 0.227 e. The fourth-order valence-electron chi connectivity index (χ4n) is 3.80. The Morgan fingerprint density at radius 1 is 1.36 bits per heavy atom. The second kappa shape index (κ2) is 7.95. The van der Waals surface area contributed by atoms with Crippen molar-refractivity contribution in [1.29, 1.82) is 0 Å². The van der Waals surface area contributed by atoms with Gasteiger partial charge in [0.2, 0.25) is 11.8 Å². The largest absolute Gasteiger partial charge is 0.384 e. The Kier molecular flexibility index (Phi) is 5.68. The summed E-state index contributed by atoms with van der Waals surface area (Å²) >= 11 is 0. The molecule has 25 heavy (non-hydrogen) atoms. The molecule has 136 valence electrons. The lowest BCUT2D eigenvalue weighted by atomic mass is 9.98. The van der Waals surface area contributed by atoms with Crippen molar-refractivity contribution in [3.63, 3.8) is 0 Å². The molecule has 0 aliphatic carbocycles. The number of methoxy groups -OCH3 is 1. The van der Waals surface area contributed by atoms with Crippen molar-refractivity contribution in [3.8, 4) is 0 Å². The molecule has 2 aliphatic heterocycles. The third-order valence-corrected chi connectivity index (χ3v) is 5.06. The highest BCUT2D eigenvalue weighted by Gasteiger charge is 2.27. The molecule has 2 amide bonds. The van der Waals surface area contributed by atoms with Crippen LogP contribution in [-0.4, -0.2) is 50.1 Å². The summed E-state index contributed by atoms with van der Waals surface area (Å²) in [7, 11) is 1.68. The van der Waals surface area contributed by atoms with Gasteiger partial charge in [-0.05, 0) is 48.9 Å². The standard InChI is InChI=1S/C19H25FN2O3/c1-25-13-14-3-2-9-21(12-14)18(23)8-10-22-17-6-5-16(20)11-15(17)4-7-19(22)24/h5-6,11,14H,2-4,7-10,12-13H2,1H3/t14-/m0/s1. The molecule has 0 unspecified atom stereocenters. The highest BCUT2D eigenvalue weighted by atomic mass is 19.1. The van der Waals surface area contributed by atoms with Gasteiger partial charge in [-0.3, -0.25) is 9.59 Å². The van der Waals surface area contributed by atoms with Crippen LogP contribution in [0.4, 0.5) is 10.1 Å². The molecule has 3 rings (SSSR count). The number of halogens is 1. The molecule has 0 N–H and O–H groups in total. The fourth-order valence-corrected chi connectivity index (χ4v) is 3.80. The number of benzene rings is 1. The number of carbonyl (C=O) groups excluding carboxylic acids is 2. The van der Waals surface area contributed by atoms with Crippen molar-refractivity contribution in [2.24, 2.45) is 5.92 Å². The first kappa shape index (κ1) is 17.9. The lowest BCUT2D eigenvalue weighted by Crippen LogP contribution is -2.43. The van der Waals surface area contributed by atoms with Gasteiger partial charge in [-0.1, -0.05) is 0 Å². The molecule has 1 fully saturated rings. The summed E-state index contributed by atoms with van der Waals surface area (Å²) in [6.45, 7) is 2.52. The van der Waals surface area contributed by atoms with Crippen LogP contribution in [0.15, 0.2) is 18.2 Å². The Morgan fingerprint density at radius 3 is 3.00 bits per heavy atom. The van der Waals surface area contributed by atoms with Gasteiger partial charge in [0.05, 0.1) is 6.61 Å². The number of rotatable bonds is 5. The SMILES string of the molecule is COC[C@H]1CCCN(C(=O)CCN2C(=O)CCc3cc(F)ccc32)C1. The molecule has 0 radical (unpaired) electrons. The van der Waals surface area contributed by atoms with Gasteiger partial charge in [0, 0.05) is 45.3 Å². The molecule has 1 aromatic carbocycles. The topological polar surface area (TPSA) is 49.9 Å². The van der Waals surface area contributed by atoms with Crippen LogP contribution >= 0.6 is 0 Å². The maximum atomic E-state index is 13.4. The number of nitrogens with zero attached hydrogens (tertiary/aromatic N) is 2. The number of fused-ring (bicyclic) bond motifs is 1. The molecule has 1 saturated heterocycles. The first-order chi connectivity index (χ1) is 12.1. The molecule has 1 aromatic rings. The van der Waals surface area contributed by atoms with E-state index < -0.39 is 0 Å². The summed E-state index contributed by atoms with van der Waals surface area (Å²) in [5, 5.41) is 0. The number of likely N-dealkylation sites (tertiary alicyclic amines) is 1. The summed E-state index contributed by atoms with van der Waals surface area (Å²) in [5.41, 5.74) is 1.58. The maximum absolute atomic E-state index is 13.4. The quantitative estimate of drug-likeness (QED) is 0.821. The van der Waals surface area contributed by atoms with E-state index in [0.717, 1.165) is 37.2 Å². The van der Waals surface area contributed by atoms with Crippen LogP contribution < -0.4 is 4.90 Å². The lowest BCUT2D eigenvalue weighted by molar-refractivity contribution is -0.133. The molecular formula is C19H25FN2O3. The number of anilines is 1. The highest BCUT2D eigenvalue weighted by Crippen LogP contribution is 2.28. The van der Waals surface area contributed by atoms with E-state index in [4.69, 9.17) is 4.74 Å². The summed E-state index contributed by atoms with van der Waals surface area (Å²) in [5.74, 6) is 0.176. The first-order valence-electron chi connectivity index (χ1n) is 8.94. The summed E-state index contributed by atoms with van der Waals surface area (Å²) in [6.07, 6.45) is 3.29. The lowest BCUT2D eigenvalue weighted by Gasteiger charge is -2.34. The number of piperidine rings is 1.